The SMILES string of the molecule is O=C(NC[C@@H](O)c1ccc([N+](=O)[O-])cc1)c1ccccc1SCc1ccsc1. The highest BCUT2D eigenvalue weighted by Crippen LogP contribution is 2.27. The molecule has 1 atom stereocenters. The van der Waals surface area contributed by atoms with Gasteiger partial charge in [0.2, 0.25) is 0 Å². The molecule has 0 aliphatic heterocycles. The maximum Gasteiger partial charge on any atom is 0.269 e. The van der Waals surface area contributed by atoms with Gasteiger partial charge < -0.3 is 10.4 Å². The fraction of sp³-hybridized carbons (Fsp3) is 0.150. The number of nitrogens with zero attached hydrogens (tertiary/aromatic N) is 1. The number of hydrogen-bond donors (Lipinski definition) is 2. The van der Waals surface area contributed by atoms with Crippen molar-refractivity contribution in [2.45, 2.75) is 16.8 Å². The molecule has 6 nitrogen and oxygen atoms in total. The van der Waals surface area contributed by atoms with Crippen molar-refractivity contribution in [1.82, 2.24) is 5.32 Å². The predicted molar refractivity (Wildman–Crippen MR) is 111 cm³/mol. The maximum atomic E-state index is 12.6. The van der Waals surface area contributed by atoms with Crippen molar-refractivity contribution in [2.24, 2.45) is 0 Å². The molecule has 0 bridgehead atoms. The van der Waals surface area contributed by atoms with E-state index in [0.717, 1.165) is 10.6 Å². The summed E-state index contributed by atoms with van der Waals surface area (Å²) in [6, 6.07) is 15.0. The third-order valence-electron chi connectivity index (χ3n) is 4.05. The van der Waals surface area contributed by atoms with Gasteiger partial charge in [0.25, 0.3) is 11.6 Å². The molecule has 0 spiro atoms. The van der Waals surface area contributed by atoms with Crippen LogP contribution in [0.1, 0.15) is 27.6 Å². The minimum atomic E-state index is -0.949. The van der Waals surface area contributed by atoms with E-state index in [1.807, 2.05) is 17.5 Å². The second-order valence-electron chi connectivity index (χ2n) is 5.99. The van der Waals surface area contributed by atoms with E-state index < -0.39 is 11.0 Å². The van der Waals surface area contributed by atoms with Crippen LogP contribution >= 0.6 is 23.1 Å². The van der Waals surface area contributed by atoms with E-state index in [2.05, 4.69) is 16.8 Å². The van der Waals surface area contributed by atoms with E-state index in [0.29, 0.717) is 11.1 Å². The Kier molecular flexibility index (Phi) is 6.80. The molecule has 8 heteroatoms. The molecule has 0 aliphatic carbocycles. The van der Waals surface area contributed by atoms with E-state index in [4.69, 9.17) is 0 Å². The van der Waals surface area contributed by atoms with Crippen molar-refractivity contribution in [3.63, 3.8) is 0 Å². The number of thiophene rings is 1. The summed E-state index contributed by atoms with van der Waals surface area (Å²) in [4.78, 5) is 23.7. The molecule has 0 saturated carbocycles. The summed E-state index contributed by atoms with van der Waals surface area (Å²) in [5, 5.41) is 27.8. The Hall–Kier alpha value is -2.68. The highest BCUT2D eigenvalue weighted by molar-refractivity contribution is 7.98. The predicted octanol–water partition coefficient (Wildman–Crippen LogP) is 4.41. The monoisotopic (exact) mass is 414 g/mol. The molecule has 2 N–H and O–H groups in total. The van der Waals surface area contributed by atoms with Crippen LogP contribution in [0, 0.1) is 10.1 Å². The number of nitrogens with one attached hydrogen (secondary N) is 1. The van der Waals surface area contributed by atoms with Gasteiger partial charge in [-0.05, 0) is 52.2 Å². The summed E-state index contributed by atoms with van der Waals surface area (Å²) in [7, 11) is 0. The van der Waals surface area contributed by atoms with Crippen LogP contribution in [0.5, 0.6) is 0 Å². The number of benzene rings is 2. The smallest absolute Gasteiger partial charge is 0.269 e. The van der Waals surface area contributed by atoms with E-state index >= 15 is 0 Å². The van der Waals surface area contributed by atoms with Crippen LogP contribution in [0.3, 0.4) is 0 Å². The van der Waals surface area contributed by atoms with Crippen molar-refractivity contribution in [3.8, 4) is 0 Å². The number of hydrogen-bond acceptors (Lipinski definition) is 6. The van der Waals surface area contributed by atoms with E-state index in [1.54, 1.807) is 35.2 Å². The Balaban J connectivity index is 1.60. The third-order valence-corrected chi connectivity index (χ3v) is 5.93. The lowest BCUT2D eigenvalue weighted by Gasteiger charge is -2.14. The van der Waals surface area contributed by atoms with Crippen LogP contribution in [0.2, 0.25) is 0 Å². The Morgan fingerprint density at radius 3 is 2.61 bits per heavy atom. The molecule has 0 aliphatic rings. The van der Waals surface area contributed by atoms with Crippen LogP contribution in [0.4, 0.5) is 5.69 Å². The van der Waals surface area contributed by atoms with Crippen molar-refractivity contribution < 1.29 is 14.8 Å². The topological polar surface area (TPSA) is 92.5 Å². The molecule has 1 amide bonds. The van der Waals surface area contributed by atoms with Gasteiger partial charge >= 0.3 is 0 Å². The normalized spacial score (nSPS) is 11.8. The summed E-state index contributed by atoms with van der Waals surface area (Å²) in [5.41, 5.74) is 2.22. The van der Waals surface area contributed by atoms with Crippen LogP contribution in [-0.4, -0.2) is 22.5 Å². The minimum absolute atomic E-state index is 0.0141. The Bertz CT molecular complexity index is 943. The molecule has 0 saturated heterocycles. The number of rotatable bonds is 8. The van der Waals surface area contributed by atoms with Gasteiger partial charge in [0, 0.05) is 29.3 Å². The number of non-ortho nitro benzene ring substituents is 1. The maximum absolute atomic E-state index is 12.6. The zero-order valence-corrected chi connectivity index (χ0v) is 16.4. The summed E-state index contributed by atoms with van der Waals surface area (Å²) < 4.78 is 0. The number of nitro groups is 1. The molecule has 2 aromatic carbocycles. The van der Waals surface area contributed by atoms with Gasteiger partial charge in [-0.2, -0.15) is 11.3 Å². The average Bonchev–Trinajstić information content (AvgIpc) is 3.24. The number of carbonyl (C=O) groups is 1. The lowest BCUT2D eigenvalue weighted by atomic mass is 10.1. The molecule has 1 heterocycles. The first kappa shape index (κ1) is 20.1. The lowest BCUT2D eigenvalue weighted by Crippen LogP contribution is -2.28. The summed E-state index contributed by atoms with van der Waals surface area (Å²) >= 11 is 3.23. The van der Waals surface area contributed by atoms with Gasteiger partial charge in [-0.15, -0.1) is 11.8 Å². The lowest BCUT2D eigenvalue weighted by molar-refractivity contribution is -0.384. The summed E-state index contributed by atoms with van der Waals surface area (Å²) in [6.45, 7) is 0.0141. The second kappa shape index (κ2) is 9.50. The fourth-order valence-electron chi connectivity index (χ4n) is 2.54. The third kappa shape index (κ3) is 5.19. The molecular formula is C20H18N2O4S2. The Morgan fingerprint density at radius 1 is 1.18 bits per heavy atom. The van der Waals surface area contributed by atoms with Crippen molar-refractivity contribution in [2.75, 3.05) is 6.54 Å². The number of thioether (sulfide) groups is 1. The molecule has 3 aromatic rings. The highest BCUT2D eigenvalue weighted by atomic mass is 32.2. The number of carbonyl (C=O) groups excluding carboxylic acids is 1. The van der Waals surface area contributed by atoms with Crippen LogP contribution in [0.15, 0.2) is 70.3 Å². The highest BCUT2D eigenvalue weighted by Gasteiger charge is 2.15. The molecular weight excluding hydrogens is 396 g/mol. The van der Waals surface area contributed by atoms with Gasteiger partial charge in [0.15, 0.2) is 0 Å². The van der Waals surface area contributed by atoms with E-state index in [9.17, 15) is 20.0 Å². The number of nitro benzene ring substituents is 1. The molecule has 3 rings (SSSR count). The largest absolute Gasteiger partial charge is 0.387 e. The number of aliphatic hydroxyl groups is 1. The van der Waals surface area contributed by atoms with Crippen molar-refractivity contribution in [3.05, 3.63) is 92.2 Å². The molecule has 1 aromatic heterocycles. The van der Waals surface area contributed by atoms with Crippen LogP contribution in [-0.2, 0) is 5.75 Å². The van der Waals surface area contributed by atoms with Crippen molar-refractivity contribution >= 4 is 34.7 Å². The molecule has 0 fully saturated rings. The Morgan fingerprint density at radius 2 is 1.93 bits per heavy atom. The van der Waals surface area contributed by atoms with E-state index in [1.165, 1.54) is 29.8 Å². The number of aliphatic hydroxyl groups excluding tert-OH is 1. The van der Waals surface area contributed by atoms with Gasteiger partial charge in [0.1, 0.15) is 0 Å². The molecule has 144 valence electrons. The summed E-state index contributed by atoms with van der Waals surface area (Å²) in [6.07, 6.45) is -0.949. The van der Waals surface area contributed by atoms with Crippen LogP contribution in [0.25, 0.3) is 0 Å². The van der Waals surface area contributed by atoms with Crippen molar-refractivity contribution in [1.29, 1.82) is 0 Å². The first-order valence-electron chi connectivity index (χ1n) is 8.48. The standard InChI is InChI=1S/C20H18N2O4S2/c23-18(15-5-7-16(8-6-15)22(25)26)11-21-20(24)17-3-1-2-4-19(17)28-13-14-9-10-27-12-14/h1-10,12,18,23H,11,13H2,(H,21,24)/t18-/m1/s1. The zero-order valence-electron chi connectivity index (χ0n) is 14.8. The fourth-order valence-corrected chi connectivity index (χ4v) is 4.30. The molecule has 0 unspecified atom stereocenters. The molecule has 28 heavy (non-hydrogen) atoms. The average molecular weight is 415 g/mol. The van der Waals surface area contributed by atoms with E-state index in [-0.39, 0.29) is 18.1 Å². The first-order chi connectivity index (χ1) is 13.5. The summed E-state index contributed by atoms with van der Waals surface area (Å²) in [5.74, 6) is 0.508. The molecule has 0 radical (unpaired) electrons. The second-order valence-corrected chi connectivity index (χ2v) is 7.79. The van der Waals surface area contributed by atoms with Gasteiger partial charge in [-0.25, -0.2) is 0 Å². The minimum Gasteiger partial charge on any atom is -0.387 e. The van der Waals surface area contributed by atoms with Gasteiger partial charge in [-0.3, -0.25) is 14.9 Å². The van der Waals surface area contributed by atoms with Gasteiger partial charge in [0.05, 0.1) is 16.6 Å². The zero-order chi connectivity index (χ0) is 19.9. The number of amides is 1. The van der Waals surface area contributed by atoms with Gasteiger partial charge in [-0.1, -0.05) is 12.1 Å². The van der Waals surface area contributed by atoms with Crippen LogP contribution < -0.4 is 5.32 Å². The Labute approximate surface area is 170 Å². The quantitative estimate of drug-likeness (QED) is 0.324. The first-order valence-corrected chi connectivity index (χ1v) is 10.4.